The maximum atomic E-state index is 12.3. The number of hydrogen-bond donors (Lipinski definition) is 0. The molecule has 0 fully saturated rings. The second-order valence-corrected chi connectivity index (χ2v) is 5.22. The largest absolute Gasteiger partial charge is 0.434 e. The predicted octanol–water partition coefficient (Wildman–Crippen LogP) is 4.91. The van der Waals surface area contributed by atoms with E-state index >= 15 is 0 Å². The highest BCUT2D eigenvalue weighted by Gasteiger charge is 2.08. The van der Waals surface area contributed by atoms with Crippen molar-refractivity contribution in [3.8, 4) is 5.75 Å². The van der Waals surface area contributed by atoms with Gasteiger partial charge in [-0.1, -0.05) is 18.2 Å². The minimum Gasteiger partial charge on any atom is -0.434 e. The Morgan fingerprint density at radius 1 is 1.14 bits per heavy atom. The van der Waals surface area contributed by atoms with Crippen LogP contribution in [0.2, 0.25) is 0 Å². The lowest BCUT2D eigenvalue weighted by Crippen LogP contribution is -2.03. The summed E-state index contributed by atoms with van der Waals surface area (Å²) in [5.74, 6) is -0.154. The van der Waals surface area contributed by atoms with E-state index in [1.54, 1.807) is 42.1 Å². The average Bonchev–Trinajstić information content (AvgIpc) is 2.53. The maximum absolute atomic E-state index is 12.3. The van der Waals surface area contributed by atoms with Crippen molar-refractivity contribution in [3.05, 3.63) is 65.7 Å². The van der Waals surface area contributed by atoms with E-state index in [9.17, 15) is 13.6 Å². The van der Waals surface area contributed by atoms with Gasteiger partial charge in [0, 0.05) is 16.0 Å². The number of carbonyl (C=O) groups excluding carboxylic acids is 1. The number of ether oxygens (including phenoxy) is 1. The first-order valence-corrected chi connectivity index (χ1v) is 7.73. The monoisotopic (exact) mass is 320 g/mol. The standard InChI is InChI=1S/C17H14F2O2S/c1-22-14-9-6-12(7-10-14)15(20)11-8-13-4-2-3-5-16(13)21-17(18)19/h2-11,17H,1H3/b11-8+. The van der Waals surface area contributed by atoms with Crippen LogP contribution in [-0.2, 0) is 0 Å². The van der Waals surface area contributed by atoms with Crippen molar-refractivity contribution >= 4 is 23.6 Å². The van der Waals surface area contributed by atoms with Crippen LogP contribution >= 0.6 is 11.8 Å². The number of thioether (sulfide) groups is 1. The molecular formula is C17H14F2O2S. The number of rotatable bonds is 6. The highest BCUT2D eigenvalue weighted by molar-refractivity contribution is 7.98. The molecule has 5 heteroatoms. The summed E-state index contributed by atoms with van der Waals surface area (Å²) in [5.41, 5.74) is 0.971. The summed E-state index contributed by atoms with van der Waals surface area (Å²) < 4.78 is 29.1. The van der Waals surface area contributed by atoms with Crippen LogP contribution in [0.15, 0.2) is 59.5 Å². The molecule has 2 nitrogen and oxygen atoms in total. The van der Waals surface area contributed by atoms with Gasteiger partial charge in [-0.05, 0) is 48.7 Å². The molecule has 22 heavy (non-hydrogen) atoms. The Kier molecular flexibility index (Phi) is 5.72. The Morgan fingerprint density at radius 3 is 2.45 bits per heavy atom. The van der Waals surface area contributed by atoms with Crippen molar-refractivity contribution in [1.82, 2.24) is 0 Å². The molecule has 0 aliphatic rings. The Bertz CT molecular complexity index is 667. The van der Waals surface area contributed by atoms with Crippen LogP contribution in [0.1, 0.15) is 15.9 Å². The number of allylic oxidation sites excluding steroid dienone is 1. The predicted molar refractivity (Wildman–Crippen MR) is 84.7 cm³/mol. The van der Waals surface area contributed by atoms with Gasteiger partial charge in [-0.2, -0.15) is 8.78 Å². The van der Waals surface area contributed by atoms with Crippen LogP contribution < -0.4 is 4.74 Å². The molecule has 0 atom stereocenters. The van der Waals surface area contributed by atoms with E-state index in [-0.39, 0.29) is 11.5 Å². The van der Waals surface area contributed by atoms with Gasteiger partial charge in [-0.15, -0.1) is 11.8 Å². The van der Waals surface area contributed by atoms with Crippen LogP contribution in [0.25, 0.3) is 6.08 Å². The Morgan fingerprint density at radius 2 is 1.82 bits per heavy atom. The Hall–Kier alpha value is -2.14. The summed E-state index contributed by atoms with van der Waals surface area (Å²) in [6.07, 6.45) is 4.78. The smallest absolute Gasteiger partial charge is 0.387 e. The third-order valence-corrected chi connectivity index (χ3v) is 3.67. The summed E-state index contributed by atoms with van der Waals surface area (Å²) >= 11 is 1.59. The summed E-state index contributed by atoms with van der Waals surface area (Å²) in [4.78, 5) is 13.1. The van der Waals surface area contributed by atoms with Crippen molar-refractivity contribution in [2.24, 2.45) is 0 Å². The number of benzene rings is 2. The Balaban J connectivity index is 2.15. The van der Waals surface area contributed by atoms with Gasteiger partial charge in [-0.25, -0.2) is 0 Å². The zero-order valence-corrected chi connectivity index (χ0v) is 12.6. The van der Waals surface area contributed by atoms with E-state index < -0.39 is 6.61 Å². The molecule has 2 rings (SSSR count). The number of ketones is 1. The lowest BCUT2D eigenvalue weighted by atomic mass is 10.1. The third-order valence-electron chi connectivity index (χ3n) is 2.92. The highest BCUT2D eigenvalue weighted by atomic mass is 32.2. The summed E-state index contributed by atoms with van der Waals surface area (Å²) in [6.45, 7) is -2.90. The van der Waals surface area contributed by atoms with Gasteiger partial charge in [0.25, 0.3) is 0 Å². The summed E-state index contributed by atoms with van der Waals surface area (Å²) in [6, 6.07) is 13.5. The topological polar surface area (TPSA) is 26.3 Å². The quantitative estimate of drug-likeness (QED) is 0.430. The average molecular weight is 320 g/mol. The van der Waals surface area contributed by atoms with E-state index in [1.165, 1.54) is 18.2 Å². The van der Waals surface area contributed by atoms with Gasteiger partial charge >= 0.3 is 6.61 Å². The highest BCUT2D eigenvalue weighted by Crippen LogP contribution is 2.22. The van der Waals surface area contributed by atoms with E-state index in [1.807, 2.05) is 18.4 Å². The molecule has 2 aromatic rings. The zero-order chi connectivity index (χ0) is 15.9. The van der Waals surface area contributed by atoms with E-state index in [0.717, 1.165) is 4.90 Å². The number of alkyl halides is 2. The summed E-state index contributed by atoms with van der Waals surface area (Å²) in [5, 5.41) is 0. The zero-order valence-electron chi connectivity index (χ0n) is 11.8. The van der Waals surface area contributed by atoms with Gasteiger partial charge in [-0.3, -0.25) is 4.79 Å². The molecule has 2 aromatic carbocycles. The molecule has 0 spiro atoms. The molecule has 0 unspecified atom stereocenters. The van der Waals surface area contributed by atoms with Gasteiger partial charge < -0.3 is 4.74 Å². The van der Waals surface area contributed by atoms with Gasteiger partial charge in [0.05, 0.1) is 0 Å². The fourth-order valence-corrected chi connectivity index (χ4v) is 2.25. The maximum Gasteiger partial charge on any atom is 0.387 e. The minimum absolute atomic E-state index is 0.0410. The molecule has 0 radical (unpaired) electrons. The van der Waals surface area contributed by atoms with Gasteiger partial charge in [0.1, 0.15) is 5.75 Å². The van der Waals surface area contributed by atoms with E-state index in [2.05, 4.69) is 4.74 Å². The lowest BCUT2D eigenvalue weighted by molar-refractivity contribution is -0.0499. The molecule has 114 valence electrons. The first-order chi connectivity index (χ1) is 10.6. The van der Waals surface area contributed by atoms with Crippen molar-refractivity contribution in [2.75, 3.05) is 6.26 Å². The van der Waals surface area contributed by atoms with Crippen LogP contribution in [0.3, 0.4) is 0 Å². The van der Waals surface area contributed by atoms with Crippen LogP contribution in [0, 0.1) is 0 Å². The first kappa shape index (κ1) is 16.2. The van der Waals surface area contributed by atoms with Gasteiger partial charge in [0.15, 0.2) is 5.78 Å². The fraction of sp³-hybridized carbons (Fsp3) is 0.118. The summed E-state index contributed by atoms with van der Waals surface area (Å²) in [7, 11) is 0. The normalized spacial score (nSPS) is 11.1. The SMILES string of the molecule is CSc1ccc(C(=O)/C=C/c2ccccc2OC(F)F)cc1. The number of carbonyl (C=O) groups is 1. The molecule has 0 heterocycles. The minimum atomic E-state index is -2.90. The van der Waals surface area contributed by atoms with Crippen molar-refractivity contribution in [1.29, 1.82) is 0 Å². The van der Waals surface area contributed by atoms with E-state index in [0.29, 0.717) is 11.1 Å². The molecule has 0 saturated carbocycles. The molecule has 0 aliphatic heterocycles. The number of hydrogen-bond acceptors (Lipinski definition) is 3. The first-order valence-electron chi connectivity index (χ1n) is 6.50. The second kappa shape index (κ2) is 7.75. The van der Waals surface area contributed by atoms with Crippen LogP contribution in [0.4, 0.5) is 8.78 Å². The van der Waals surface area contributed by atoms with E-state index in [4.69, 9.17) is 0 Å². The fourth-order valence-electron chi connectivity index (χ4n) is 1.84. The van der Waals surface area contributed by atoms with Crippen molar-refractivity contribution in [3.63, 3.8) is 0 Å². The van der Waals surface area contributed by atoms with Crippen molar-refractivity contribution < 1.29 is 18.3 Å². The third kappa shape index (κ3) is 4.43. The van der Waals surface area contributed by atoms with Crippen molar-refractivity contribution in [2.45, 2.75) is 11.5 Å². The van der Waals surface area contributed by atoms with Crippen LogP contribution in [0.5, 0.6) is 5.75 Å². The molecular weight excluding hydrogens is 306 g/mol. The van der Waals surface area contributed by atoms with Crippen LogP contribution in [-0.4, -0.2) is 18.7 Å². The van der Waals surface area contributed by atoms with Gasteiger partial charge in [0.2, 0.25) is 0 Å². The molecule has 0 aliphatic carbocycles. The second-order valence-electron chi connectivity index (χ2n) is 4.34. The molecule has 0 bridgehead atoms. The number of halogens is 2. The molecule has 0 saturated heterocycles. The Labute approximate surface area is 131 Å². The molecule has 0 aromatic heterocycles. The molecule has 0 amide bonds. The lowest BCUT2D eigenvalue weighted by Gasteiger charge is -2.07. The number of para-hydroxylation sites is 1. The molecule has 0 N–H and O–H groups in total.